The Bertz CT molecular complexity index is 1520. The van der Waals surface area contributed by atoms with Gasteiger partial charge in [-0.1, -0.05) is 318 Å². The smallest absolute Gasteiger partial charge is 0.306 e. The maximum absolute atomic E-state index is 12.9. The maximum atomic E-state index is 12.9. The molecule has 0 amide bonds. The predicted octanol–water partition coefficient (Wildman–Crippen LogP) is 23.8. The van der Waals surface area contributed by atoms with Gasteiger partial charge in [-0.25, -0.2) is 0 Å². The summed E-state index contributed by atoms with van der Waals surface area (Å²) in [5, 5.41) is 0. The average molecular weight is 1120 g/mol. The Morgan fingerprint density at radius 3 is 0.762 bits per heavy atom. The van der Waals surface area contributed by atoms with Gasteiger partial charge in [-0.2, -0.15) is 0 Å². The van der Waals surface area contributed by atoms with E-state index in [4.69, 9.17) is 14.2 Å². The number of unbranched alkanes of at least 4 members (excludes halogenated alkanes) is 38. The number of allylic oxidation sites excluding steroid dienone is 14. The van der Waals surface area contributed by atoms with Gasteiger partial charge in [0.2, 0.25) is 0 Å². The van der Waals surface area contributed by atoms with Crippen molar-refractivity contribution in [1.29, 1.82) is 0 Å². The topological polar surface area (TPSA) is 78.9 Å². The molecule has 462 valence electrons. The molecule has 0 aliphatic heterocycles. The third-order valence-corrected chi connectivity index (χ3v) is 15.1. The normalized spacial score (nSPS) is 12.6. The molecule has 0 saturated heterocycles. The Morgan fingerprint density at radius 2 is 0.487 bits per heavy atom. The fraction of sp³-hybridized carbons (Fsp3) is 0.770. The number of ether oxygens (including phenoxy) is 3. The summed E-state index contributed by atoms with van der Waals surface area (Å²) in [7, 11) is 0. The number of rotatable bonds is 63. The zero-order valence-electron chi connectivity index (χ0n) is 53.1. The molecule has 0 aromatic rings. The van der Waals surface area contributed by atoms with Crippen LogP contribution in [0.5, 0.6) is 0 Å². The Balaban J connectivity index is 4.10. The van der Waals surface area contributed by atoms with Gasteiger partial charge >= 0.3 is 17.9 Å². The Hall–Kier alpha value is -3.41. The lowest BCUT2D eigenvalue weighted by atomic mass is 10.0. The van der Waals surface area contributed by atoms with Gasteiger partial charge < -0.3 is 14.2 Å². The summed E-state index contributed by atoms with van der Waals surface area (Å²) in [5.74, 6) is -0.877. The molecular weight excluding hydrogens is 985 g/mol. The van der Waals surface area contributed by atoms with Crippen LogP contribution in [0.15, 0.2) is 85.1 Å². The van der Waals surface area contributed by atoms with Gasteiger partial charge in [0.1, 0.15) is 13.2 Å². The largest absolute Gasteiger partial charge is 0.462 e. The molecule has 0 radical (unpaired) electrons. The summed E-state index contributed by atoms with van der Waals surface area (Å²) >= 11 is 0. The van der Waals surface area contributed by atoms with Crippen molar-refractivity contribution >= 4 is 17.9 Å². The fourth-order valence-corrected chi connectivity index (χ4v) is 9.97. The van der Waals surface area contributed by atoms with Crippen LogP contribution in [0.3, 0.4) is 0 Å². The lowest BCUT2D eigenvalue weighted by Gasteiger charge is -2.18. The van der Waals surface area contributed by atoms with E-state index >= 15 is 0 Å². The molecule has 0 rings (SSSR count). The van der Waals surface area contributed by atoms with Crippen molar-refractivity contribution in [3.8, 4) is 0 Å². The standard InChI is InChI=1S/C74H130O6/c1-4-7-10-13-16-19-21-23-25-27-29-31-33-34-35-36-37-38-39-40-42-43-45-47-49-51-53-55-58-61-64-67-73(76)79-70-71(69-78-72(75)66-63-60-57-18-15-12-9-6-3)80-74(77)68-65-62-59-56-54-52-50-48-46-44-41-32-30-28-26-24-22-20-17-14-11-8-5-2/h8,11,17,20-21,23-24,26-27,29-30,32,44,46,71H,4-7,9-10,12-16,18-19,22,25,28,31,33-43,45,47-70H2,1-3H3/b11-8-,20-17-,23-21-,26-24-,29-27-,32-30-,46-44-. The minimum Gasteiger partial charge on any atom is -0.462 e. The lowest BCUT2D eigenvalue weighted by molar-refractivity contribution is -0.167. The number of hydrogen-bond acceptors (Lipinski definition) is 6. The molecule has 6 nitrogen and oxygen atoms in total. The number of esters is 3. The number of carbonyl (C=O) groups excluding carboxylic acids is 3. The molecule has 0 heterocycles. The van der Waals surface area contributed by atoms with Gasteiger partial charge in [0.25, 0.3) is 0 Å². The van der Waals surface area contributed by atoms with Crippen molar-refractivity contribution in [2.45, 2.75) is 354 Å². The Kier molecular flexibility index (Phi) is 65.2. The van der Waals surface area contributed by atoms with Crippen LogP contribution in [-0.2, 0) is 28.6 Å². The second-order valence-electron chi connectivity index (χ2n) is 23.1. The minimum atomic E-state index is -0.780. The second-order valence-corrected chi connectivity index (χ2v) is 23.1. The molecule has 0 aromatic heterocycles. The van der Waals surface area contributed by atoms with Crippen molar-refractivity contribution in [1.82, 2.24) is 0 Å². The van der Waals surface area contributed by atoms with Gasteiger partial charge in [0.15, 0.2) is 6.10 Å². The van der Waals surface area contributed by atoms with Gasteiger partial charge in [0.05, 0.1) is 0 Å². The van der Waals surface area contributed by atoms with E-state index in [1.807, 2.05) is 0 Å². The quantitative estimate of drug-likeness (QED) is 0.0261. The summed E-state index contributed by atoms with van der Waals surface area (Å²) in [6, 6.07) is 0. The molecule has 0 spiro atoms. The van der Waals surface area contributed by atoms with E-state index in [1.54, 1.807) is 0 Å². The minimum absolute atomic E-state index is 0.0773. The van der Waals surface area contributed by atoms with Crippen molar-refractivity contribution in [3.63, 3.8) is 0 Å². The summed E-state index contributed by atoms with van der Waals surface area (Å²) in [4.78, 5) is 38.2. The van der Waals surface area contributed by atoms with Crippen molar-refractivity contribution < 1.29 is 28.6 Å². The van der Waals surface area contributed by atoms with Crippen LogP contribution < -0.4 is 0 Å². The van der Waals surface area contributed by atoms with Gasteiger partial charge in [0, 0.05) is 19.3 Å². The first-order chi connectivity index (χ1) is 39.5. The molecule has 0 N–H and O–H groups in total. The van der Waals surface area contributed by atoms with Crippen LogP contribution in [0.2, 0.25) is 0 Å². The summed E-state index contributed by atoms with van der Waals surface area (Å²) in [6.45, 7) is 6.52. The van der Waals surface area contributed by atoms with Crippen molar-refractivity contribution in [3.05, 3.63) is 85.1 Å². The molecule has 0 fully saturated rings. The van der Waals surface area contributed by atoms with Gasteiger partial charge in [-0.15, -0.1) is 0 Å². The summed E-state index contributed by atoms with van der Waals surface area (Å²) in [6.07, 6.45) is 90.6. The lowest BCUT2D eigenvalue weighted by Crippen LogP contribution is -2.30. The number of carbonyl (C=O) groups is 3. The highest BCUT2D eigenvalue weighted by Gasteiger charge is 2.19. The third-order valence-electron chi connectivity index (χ3n) is 15.1. The molecule has 0 aliphatic carbocycles. The van der Waals surface area contributed by atoms with Gasteiger partial charge in [-0.3, -0.25) is 14.4 Å². The first-order valence-electron chi connectivity index (χ1n) is 34.6. The molecule has 0 aromatic carbocycles. The van der Waals surface area contributed by atoms with E-state index in [0.29, 0.717) is 19.3 Å². The Labute approximate surface area is 496 Å². The number of hydrogen-bond donors (Lipinski definition) is 0. The summed E-state index contributed by atoms with van der Waals surface area (Å²) in [5.41, 5.74) is 0. The monoisotopic (exact) mass is 1110 g/mol. The fourth-order valence-electron chi connectivity index (χ4n) is 9.97. The van der Waals surface area contributed by atoms with E-state index in [-0.39, 0.29) is 31.1 Å². The predicted molar refractivity (Wildman–Crippen MR) is 348 cm³/mol. The molecule has 0 saturated carbocycles. The van der Waals surface area contributed by atoms with Gasteiger partial charge in [-0.05, 0) is 96.3 Å². The van der Waals surface area contributed by atoms with E-state index in [0.717, 1.165) is 103 Å². The highest BCUT2D eigenvalue weighted by Crippen LogP contribution is 2.17. The highest BCUT2D eigenvalue weighted by atomic mass is 16.6. The molecule has 1 unspecified atom stereocenters. The van der Waals surface area contributed by atoms with E-state index in [2.05, 4.69) is 106 Å². The Morgan fingerprint density at radius 1 is 0.263 bits per heavy atom. The summed E-state index contributed by atoms with van der Waals surface area (Å²) < 4.78 is 16.9. The maximum Gasteiger partial charge on any atom is 0.306 e. The third kappa shape index (κ3) is 65.4. The van der Waals surface area contributed by atoms with E-state index in [9.17, 15) is 14.4 Å². The zero-order chi connectivity index (χ0) is 57.8. The van der Waals surface area contributed by atoms with Crippen LogP contribution in [0, 0.1) is 0 Å². The van der Waals surface area contributed by atoms with Crippen LogP contribution >= 0.6 is 0 Å². The van der Waals surface area contributed by atoms with Crippen molar-refractivity contribution in [2.75, 3.05) is 13.2 Å². The SMILES string of the molecule is CC/C=C\C/C=C\C/C=C\C/C=C\C/C=C\CCCCCCCCCC(=O)OC(COC(=O)CCCCCCCCCC)COC(=O)CCCCCCCCCCCCCCCCCCCCC/C=C\C/C=C\CCCCCCC. The first-order valence-corrected chi connectivity index (χ1v) is 34.6. The van der Waals surface area contributed by atoms with Crippen LogP contribution in [-0.4, -0.2) is 37.2 Å². The molecule has 80 heavy (non-hydrogen) atoms. The molecule has 0 aliphatic rings. The first kappa shape index (κ1) is 76.6. The average Bonchev–Trinajstić information content (AvgIpc) is 3.46. The van der Waals surface area contributed by atoms with Crippen LogP contribution in [0.25, 0.3) is 0 Å². The van der Waals surface area contributed by atoms with E-state index in [1.165, 1.54) is 205 Å². The zero-order valence-corrected chi connectivity index (χ0v) is 53.1. The second kappa shape index (κ2) is 68.1. The van der Waals surface area contributed by atoms with Crippen LogP contribution in [0.4, 0.5) is 0 Å². The molecule has 6 heteroatoms. The molecule has 1 atom stereocenters. The van der Waals surface area contributed by atoms with Crippen LogP contribution in [0.1, 0.15) is 348 Å². The van der Waals surface area contributed by atoms with E-state index < -0.39 is 6.10 Å². The highest BCUT2D eigenvalue weighted by molar-refractivity contribution is 5.71. The molecule has 0 bridgehead atoms. The molecular formula is C74H130O6. The van der Waals surface area contributed by atoms with Crippen molar-refractivity contribution in [2.24, 2.45) is 0 Å².